The lowest BCUT2D eigenvalue weighted by atomic mass is 10.1. The predicted octanol–water partition coefficient (Wildman–Crippen LogP) is 2.84. The molecule has 1 aromatic carbocycles. The Labute approximate surface area is 138 Å². The third-order valence-electron chi connectivity index (χ3n) is 3.87. The summed E-state index contributed by atoms with van der Waals surface area (Å²) in [5.41, 5.74) is 1.71. The maximum Gasteiger partial charge on any atom is 0.389 e. The minimum atomic E-state index is -0.531. The highest BCUT2D eigenvalue weighted by Gasteiger charge is 2.27. The van der Waals surface area contributed by atoms with Gasteiger partial charge in [0.05, 0.1) is 31.0 Å². The topological polar surface area (TPSA) is 87.3 Å². The molecule has 0 saturated heterocycles. The Balaban J connectivity index is 1.80. The molecule has 0 unspecified atom stereocenters. The first-order valence-electron chi connectivity index (χ1n) is 7.63. The number of carbonyl (C=O) groups is 1. The molecule has 1 fully saturated rings. The molecule has 0 spiro atoms. The van der Waals surface area contributed by atoms with Crippen LogP contribution in [0.3, 0.4) is 0 Å². The first-order chi connectivity index (χ1) is 11.6. The number of ether oxygens (including phenoxy) is 1. The summed E-state index contributed by atoms with van der Waals surface area (Å²) in [7, 11) is 1.57. The summed E-state index contributed by atoms with van der Waals surface area (Å²) in [6.07, 6.45) is 6.91. The molecule has 1 aromatic heterocycles. The molecule has 1 aliphatic carbocycles. The van der Waals surface area contributed by atoms with Gasteiger partial charge in [-0.3, -0.25) is 4.79 Å². The summed E-state index contributed by atoms with van der Waals surface area (Å²) in [4.78, 5) is 21.9. The lowest BCUT2D eigenvalue weighted by Crippen LogP contribution is -2.03. The summed E-state index contributed by atoms with van der Waals surface area (Å²) in [6.45, 7) is 0.343. The summed E-state index contributed by atoms with van der Waals surface area (Å²) >= 11 is 0. The molecule has 0 N–H and O–H groups in total. The summed E-state index contributed by atoms with van der Waals surface area (Å²) in [5, 5.41) is 14.6. The van der Waals surface area contributed by atoms with E-state index in [-0.39, 0.29) is 17.5 Å². The quantitative estimate of drug-likeness (QED) is 0.443. The minimum absolute atomic E-state index is 0.162. The zero-order valence-corrected chi connectivity index (χ0v) is 13.2. The molecule has 1 saturated carbocycles. The summed E-state index contributed by atoms with van der Waals surface area (Å²) in [6, 6.07) is 6.92. The fourth-order valence-corrected chi connectivity index (χ4v) is 2.42. The van der Waals surface area contributed by atoms with Crippen LogP contribution in [0.2, 0.25) is 0 Å². The highest BCUT2D eigenvalue weighted by atomic mass is 16.6. The molecule has 0 bridgehead atoms. The van der Waals surface area contributed by atoms with Gasteiger partial charge < -0.3 is 14.9 Å². The van der Waals surface area contributed by atoms with E-state index in [1.165, 1.54) is 10.7 Å². The largest absolute Gasteiger partial charge is 0.496 e. The number of methoxy groups -OCH3 is 1. The van der Waals surface area contributed by atoms with Crippen molar-refractivity contribution in [2.45, 2.75) is 19.4 Å². The molecule has 2 aromatic rings. The van der Waals surface area contributed by atoms with Gasteiger partial charge in [0.25, 0.3) is 0 Å². The Kier molecular flexibility index (Phi) is 4.41. The van der Waals surface area contributed by atoms with Gasteiger partial charge in [-0.05, 0) is 41.5 Å². The molecular weight excluding hydrogens is 310 g/mol. The van der Waals surface area contributed by atoms with Crippen LogP contribution in [0.5, 0.6) is 5.75 Å². The van der Waals surface area contributed by atoms with Crippen molar-refractivity contribution in [3.63, 3.8) is 0 Å². The van der Waals surface area contributed by atoms with Crippen molar-refractivity contribution in [2.75, 3.05) is 7.11 Å². The number of carbonyl (C=O) groups excluding carboxylic acids is 1. The molecule has 0 aliphatic heterocycles. The van der Waals surface area contributed by atoms with Gasteiger partial charge in [0.15, 0.2) is 5.78 Å². The third-order valence-corrected chi connectivity index (χ3v) is 3.87. The van der Waals surface area contributed by atoms with E-state index < -0.39 is 4.92 Å². The SMILES string of the molecule is COc1ccc(/C=C/C(=O)C2CC2)cc1Cn1ccc([N+](=O)[O-])n1. The highest BCUT2D eigenvalue weighted by Crippen LogP contribution is 2.30. The molecule has 124 valence electrons. The standard InChI is InChI=1S/C17H17N3O4/c1-24-16-7-3-12(2-6-15(21)13-4-5-13)10-14(16)11-19-9-8-17(18-19)20(22)23/h2-3,6-10,13H,4-5,11H2,1H3/b6-2+. The molecule has 0 atom stereocenters. The average molecular weight is 327 g/mol. The van der Waals surface area contributed by atoms with Gasteiger partial charge >= 0.3 is 5.82 Å². The van der Waals surface area contributed by atoms with Gasteiger partial charge in [-0.25, -0.2) is 0 Å². The second-order valence-corrected chi connectivity index (χ2v) is 5.71. The summed E-state index contributed by atoms with van der Waals surface area (Å²) < 4.78 is 6.82. The molecule has 1 aliphatic rings. The van der Waals surface area contributed by atoms with Crippen molar-refractivity contribution in [2.24, 2.45) is 5.92 Å². The molecule has 3 rings (SSSR count). The van der Waals surface area contributed by atoms with Crippen molar-refractivity contribution < 1.29 is 14.5 Å². The molecular formula is C17H17N3O4. The first-order valence-corrected chi connectivity index (χ1v) is 7.63. The lowest BCUT2D eigenvalue weighted by molar-refractivity contribution is -0.389. The van der Waals surface area contributed by atoms with Crippen molar-refractivity contribution in [1.29, 1.82) is 0 Å². The Morgan fingerprint density at radius 2 is 2.25 bits per heavy atom. The minimum Gasteiger partial charge on any atom is -0.496 e. The zero-order valence-electron chi connectivity index (χ0n) is 13.2. The molecule has 1 heterocycles. The second kappa shape index (κ2) is 6.66. The number of hydrogen-bond acceptors (Lipinski definition) is 5. The van der Waals surface area contributed by atoms with E-state index in [2.05, 4.69) is 5.10 Å². The van der Waals surface area contributed by atoms with Crippen LogP contribution in [0.1, 0.15) is 24.0 Å². The number of allylic oxidation sites excluding steroid dienone is 1. The van der Waals surface area contributed by atoms with E-state index in [1.807, 2.05) is 18.2 Å². The van der Waals surface area contributed by atoms with Gasteiger partial charge in [-0.15, -0.1) is 0 Å². The fraction of sp³-hybridized carbons (Fsp3) is 0.294. The fourth-order valence-electron chi connectivity index (χ4n) is 2.42. The van der Waals surface area contributed by atoms with Gasteiger partial charge in [-0.1, -0.05) is 12.1 Å². The third kappa shape index (κ3) is 3.68. The molecule has 24 heavy (non-hydrogen) atoms. The Morgan fingerprint density at radius 3 is 2.88 bits per heavy atom. The second-order valence-electron chi connectivity index (χ2n) is 5.71. The molecule has 7 nitrogen and oxygen atoms in total. The maximum atomic E-state index is 11.8. The maximum absolute atomic E-state index is 11.8. The van der Waals surface area contributed by atoms with Gasteiger partial charge in [0, 0.05) is 11.5 Å². The number of nitrogens with zero attached hydrogens (tertiary/aromatic N) is 3. The Morgan fingerprint density at radius 1 is 1.46 bits per heavy atom. The van der Waals surface area contributed by atoms with Crippen LogP contribution < -0.4 is 4.74 Å². The molecule has 0 amide bonds. The van der Waals surface area contributed by atoms with E-state index >= 15 is 0 Å². The van der Waals surface area contributed by atoms with E-state index in [0.717, 1.165) is 24.0 Å². The van der Waals surface area contributed by atoms with Crippen LogP contribution >= 0.6 is 0 Å². The first kappa shape index (κ1) is 15.9. The van der Waals surface area contributed by atoms with Crippen LogP contribution in [0, 0.1) is 16.0 Å². The Hall–Kier alpha value is -2.96. The molecule has 7 heteroatoms. The van der Waals surface area contributed by atoms with Crippen molar-refractivity contribution in [3.8, 4) is 5.75 Å². The predicted molar refractivity (Wildman–Crippen MR) is 87.7 cm³/mol. The monoisotopic (exact) mass is 327 g/mol. The number of benzene rings is 1. The number of hydrogen-bond donors (Lipinski definition) is 0. The number of rotatable bonds is 7. The normalized spacial score (nSPS) is 14.0. The van der Waals surface area contributed by atoms with Crippen LogP contribution in [-0.4, -0.2) is 27.6 Å². The van der Waals surface area contributed by atoms with Crippen LogP contribution in [0.25, 0.3) is 6.08 Å². The highest BCUT2D eigenvalue weighted by molar-refractivity contribution is 5.96. The number of nitro groups is 1. The zero-order chi connectivity index (χ0) is 17.1. The Bertz CT molecular complexity index is 806. The molecule has 0 radical (unpaired) electrons. The summed E-state index contributed by atoms with van der Waals surface area (Å²) in [5.74, 6) is 0.831. The van der Waals surface area contributed by atoms with E-state index in [9.17, 15) is 14.9 Å². The van der Waals surface area contributed by atoms with E-state index in [0.29, 0.717) is 12.3 Å². The number of ketones is 1. The van der Waals surface area contributed by atoms with Gasteiger partial charge in [-0.2, -0.15) is 4.68 Å². The van der Waals surface area contributed by atoms with Crippen molar-refractivity contribution in [3.05, 3.63) is 57.8 Å². The lowest BCUT2D eigenvalue weighted by Gasteiger charge is -2.08. The number of aromatic nitrogens is 2. The van der Waals surface area contributed by atoms with Crippen LogP contribution in [0.4, 0.5) is 5.82 Å². The van der Waals surface area contributed by atoms with E-state index in [4.69, 9.17) is 4.74 Å². The smallest absolute Gasteiger partial charge is 0.389 e. The van der Waals surface area contributed by atoms with Crippen molar-refractivity contribution in [1.82, 2.24) is 9.78 Å². The van der Waals surface area contributed by atoms with Crippen LogP contribution in [-0.2, 0) is 11.3 Å². The van der Waals surface area contributed by atoms with Gasteiger partial charge in [0.2, 0.25) is 0 Å². The van der Waals surface area contributed by atoms with Crippen LogP contribution in [0.15, 0.2) is 36.5 Å². The van der Waals surface area contributed by atoms with Gasteiger partial charge in [0.1, 0.15) is 5.75 Å². The van der Waals surface area contributed by atoms with Crippen molar-refractivity contribution >= 4 is 17.7 Å². The van der Waals surface area contributed by atoms with E-state index in [1.54, 1.807) is 25.5 Å². The average Bonchev–Trinajstić information content (AvgIpc) is 3.32.